The highest BCUT2D eigenvalue weighted by Crippen LogP contribution is 2.38. The Balaban J connectivity index is 1.70. The number of aromatic nitrogens is 2. The van der Waals surface area contributed by atoms with Crippen molar-refractivity contribution in [3.63, 3.8) is 0 Å². The molecular formula is C22H23N3O2S2. The van der Waals surface area contributed by atoms with E-state index in [1.807, 2.05) is 37.4 Å². The van der Waals surface area contributed by atoms with Crippen molar-refractivity contribution in [3.05, 3.63) is 51.1 Å². The van der Waals surface area contributed by atoms with Gasteiger partial charge < -0.3 is 4.90 Å². The highest BCUT2D eigenvalue weighted by Gasteiger charge is 2.32. The predicted molar refractivity (Wildman–Crippen MR) is 118 cm³/mol. The number of amides is 1. The number of nitrogens with zero attached hydrogens (tertiary/aromatic N) is 3. The van der Waals surface area contributed by atoms with E-state index in [1.165, 1.54) is 22.2 Å². The first-order valence-corrected chi connectivity index (χ1v) is 11.8. The molecule has 0 spiro atoms. The summed E-state index contributed by atoms with van der Waals surface area (Å²) in [7, 11) is 1.83. The Morgan fingerprint density at radius 1 is 1.17 bits per heavy atom. The summed E-state index contributed by atoms with van der Waals surface area (Å²) in [6.07, 6.45) is 3.86. The van der Waals surface area contributed by atoms with Crippen LogP contribution in [0.5, 0.6) is 0 Å². The highest BCUT2D eigenvalue weighted by atomic mass is 32.2. The molecule has 0 bridgehead atoms. The molecule has 1 saturated heterocycles. The Bertz CT molecular complexity index is 1150. The number of aryl methyl sites for hydroxylation is 1. The maximum absolute atomic E-state index is 13.7. The van der Waals surface area contributed by atoms with Crippen molar-refractivity contribution in [2.45, 2.75) is 43.0 Å². The molecular weight excluding hydrogens is 402 g/mol. The molecule has 0 radical (unpaired) electrons. The SMILES string of the molecule is CC1CCc2c(sc3nc(SC4CCN(C)C4=O)n(-c4ccccc4)c(=O)c23)C1. The molecule has 1 aromatic carbocycles. The quantitative estimate of drug-likeness (QED) is 0.598. The molecule has 7 heteroatoms. The number of fused-ring (bicyclic) bond motifs is 3. The van der Waals surface area contributed by atoms with Gasteiger partial charge in [0.05, 0.1) is 16.3 Å². The Kier molecular flexibility index (Phi) is 4.75. The molecule has 29 heavy (non-hydrogen) atoms. The number of carbonyl (C=O) groups is 1. The average Bonchev–Trinajstić information content (AvgIpc) is 3.23. The van der Waals surface area contributed by atoms with Crippen molar-refractivity contribution in [1.82, 2.24) is 14.5 Å². The number of rotatable bonds is 3. The van der Waals surface area contributed by atoms with Crippen molar-refractivity contribution in [2.75, 3.05) is 13.6 Å². The van der Waals surface area contributed by atoms with Gasteiger partial charge in [0.1, 0.15) is 4.83 Å². The van der Waals surface area contributed by atoms with Gasteiger partial charge >= 0.3 is 0 Å². The molecule has 1 aliphatic carbocycles. The summed E-state index contributed by atoms with van der Waals surface area (Å²) in [5.41, 5.74) is 1.99. The number of para-hydroxylation sites is 1. The molecule has 0 saturated carbocycles. The second-order valence-corrected chi connectivity index (χ2v) is 10.3. The minimum absolute atomic E-state index is 0.00504. The summed E-state index contributed by atoms with van der Waals surface area (Å²) in [4.78, 5) is 35.0. The molecule has 1 amide bonds. The second kappa shape index (κ2) is 7.29. The lowest BCUT2D eigenvalue weighted by Crippen LogP contribution is -2.26. The third-order valence-corrected chi connectivity index (χ3v) is 8.29. The fourth-order valence-corrected chi connectivity index (χ4v) is 6.91. The van der Waals surface area contributed by atoms with E-state index in [4.69, 9.17) is 4.98 Å². The third kappa shape index (κ3) is 3.20. The third-order valence-electron chi connectivity index (χ3n) is 5.94. The largest absolute Gasteiger partial charge is 0.345 e. The van der Waals surface area contributed by atoms with Gasteiger partial charge in [-0.1, -0.05) is 36.9 Å². The molecule has 1 fully saturated rings. The first-order chi connectivity index (χ1) is 14.0. The molecule has 0 N–H and O–H groups in total. The van der Waals surface area contributed by atoms with Crippen molar-refractivity contribution < 1.29 is 4.79 Å². The van der Waals surface area contributed by atoms with E-state index in [0.29, 0.717) is 11.1 Å². The van der Waals surface area contributed by atoms with Gasteiger partial charge in [-0.2, -0.15) is 0 Å². The van der Waals surface area contributed by atoms with Crippen LogP contribution in [0.25, 0.3) is 15.9 Å². The van der Waals surface area contributed by atoms with Crippen LogP contribution in [0.15, 0.2) is 40.3 Å². The van der Waals surface area contributed by atoms with Gasteiger partial charge in [-0.3, -0.25) is 14.2 Å². The topological polar surface area (TPSA) is 55.2 Å². The number of likely N-dealkylation sites (tertiary alicyclic amines) is 1. The smallest absolute Gasteiger partial charge is 0.267 e. The van der Waals surface area contributed by atoms with Gasteiger partial charge in [0.15, 0.2) is 5.16 Å². The van der Waals surface area contributed by atoms with E-state index in [-0.39, 0.29) is 16.7 Å². The van der Waals surface area contributed by atoms with E-state index in [2.05, 4.69) is 6.92 Å². The van der Waals surface area contributed by atoms with Gasteiger partial charge in [0.25, 0.3) is 5.56 Å². The molecule has 2 aromatic heterocycles. The molecule has 2 unspecified atom stereocenters. The minimum Gasteiger partial charge on any atom is -0.345 e. The zero-order valence-electron chi connectivity index (χ0n) is 16.6. The number of thiophene rings is 1. The van der Waals surface area contributed by atoms with E-state index in [0.717, 1.165) is 48.1 Å². The summed E-state index contributed by atoms with van der Waals surface area (Å²) in [6.45, 7) is 3.02. The van der Waals surface area contributed by atoms with Gasteiger partial charge in [0.2, 0.25) is 5.91 Å². The number of hydrogen-bond donors (Lipinski definition) is 0. The lowest BCUT2D eigenvalue weighted by Gasteiger charge is -2.18. The highest BCUT2D eigenvalue weighted by molar-refractivity contribution is 8.00. The summed E-state index contributed by atoms with van der Waals surface area (Å²) in [5.74, 6) is 0.760. The normalized spacial score (nSPS) is 21.7. The lowest BCUT2D eigenvalue weighted by molar-refractivity contribution is -0.126. The minimum atomic E-state index is -0.186. The van der Waals surface area contributed by atoms with Crippen LogP contribution in [-0.2, 0) is 17.6 Å². The van der Waals surface area contributed by atoms with Crippen molar-refractivity contribution >= 4 is 39.2 Å². The monoisotopic (exact) mass is 425 g/mol. The van der Waals surface area contributed by atoms with Crippen LogP contribution < -0.4 is 5.56 Å². The molecule has 3 heterocycles. The van der Waals surface area contributed by atoms with Crippen LogP contribution in [0.2, 0.25) is 0 Å². The Morgan fingerprint density at radius 2 is 1.97 bits per heavy atom. The summed E-state index contributed by atoms with van der Waals surface area (Å²) in [5, 5.41) is 1.21. The number of benzene rings is 1. The predicted octanol–water partition coefficient (Wildman–Crippen LogP) is 3.89. The Hall–Kier alpha value is -2.12. The van der Waals surface area contributed by atoms with Gasteiger partial charge in [-0.05, 0) is 49.3 Å². The molecule has 2 aliphatic rings. The zero-order valence-corrected chi connectivity index (χ0v) is 18.2. The van der Waals surface area contributed by atoms with Crippen LogP contribution in [-0.4, -0.2) is 39.2 Å². The van der Waals surface area contributed by atoms with Crippen LogP contribution in [0.4, 0.5) is 0 Å². The number of hydrogen-bond acceptors (Lipinski definition) is 5. The van der Waals surface area contributed by atoms with Crippen molar-refractivity contribution in [3.8, 4) is 5.69 Å². The molecule has 1 aliphatic heterocycles. The lowest BCUT2D eigenvalue weighted by atomic mass is 9.89. The fraction of sp³-hybridized carbons (Fsp3) is 0.409. The fourth-order valence-electron chi connectivity index (χ4n) is 4.28. The number of carbonyl (C=O) groups excluding carboxylic acids is 1. The average molecular weight is 426 g/mol. The van der Waals surface area contributed by atoms with Crippen LogP contribution in [0, 0.1) is 5.92 Å². The van der Waals surface area contributed by atoms with Crippen molar-refractivity contribution in [1.29, 1.82) is 0 Å². The van der Waals surface area contributed by atoms with Crippen LogP contribution in [0.1, 0.15) is 30.2 Å². The first-order valence-electron chi connectivity index (χ1n) is 10.1. The zero-order chi connectivity index (χ0) is 20.1. The second-order valence-electron chi connectivity index (χ2n) is 8.06. The molecule has 5 nitrogen and oxygen atoms in total. The van der Waals surface area contributed by atoms with Gasteiger partial charge in [-0.15, -0.1) is 11.3 Å². The van der Waals surface area contributed by atoms with E-state index >= 15 is 0 Å². The number of thioether (sulfide) groups is 1. The molecule has 3 aromatic rings. The van der Waals surface area contributed by atoms with E-state index in [1.54, 1.807) is 20.8 Å². The standard InChI is InChI=1S/C22H23N3O2S2/c1-13-8-9-15-17(12-13)28-19-18(15)21(27)25(14-6-4-3-5-7-14)22(23-19)29-16-10-11-24(2)20(16)26/h3-7,13,16H,8-12H2,1-2H3. The van der Waals surface area contributed by atoms with Crippen molar-refractivity contribution in [2.24, 2.45) is 5.92 Å². The Labute approximate surface area is 177 Å². The van der Waals surface area contributed by atoms with Crippen LogP contribution in [0.3, 0.4) is 0 Å². The molecule has 2 atom stereocenters. The van der Waals surface area contributed by atoms with E-state index < -0.39 is 0 Å². The molecule has 150 valence electrons. The summed E-state index contributed by atoms with van der Waals surface area (Å²) < 4.78 is 1.71. The maximum atomic E-state index is 13.7. The molecule has 5 rings (SSSR count). The first kappa shape index (κ1) is 18.9. The van der Waals surface area contributed by atoms with Gasteiger partial charge in [-0.25, -0.2) is 4.98 Å². The maximum Gasteiger partial charge on any atom is 0.267 e. The summed E-state index contributed by atoms with van der Waals surface area (Å²) >= 11 is 3.09. The van der Waals surface area contributed by atoms with E-state index in [9.17, 15) is 9.59 Å². The Morgan fingerprint density at radius 3 is 2.69 bits per heavy atom. The van der Waals surface area contributed by atoms with Crippen LogP contribution >= 0.6 is 23.1 Å². The summed E-state index contributed by atoms with van der Waals surface area (Å²) in [6, 6.07) is 9.67. The van der Waals surface area contributed by atoms with Gasteiger partial charge in [0, 0.05) is 18.5 Å².